The highest BCUT2D eigenvalue weighted by molar-refractivity contribution is 14.1. The van der Waals surface area contributed by atoms with Crippen molar-refractivity contribution in [1.82, 2.24) is 4.90 Å². The molecule has 1 amide bonds. The number of amides is 1. The summed E-state index contributed by atoms with van der Waals surface area (Å²) in [4.78, 5) is 13.8. The van der Waals surface area contributed by atoms with Crippen LogP contribution >= 0.6 is 22.6 Å². The molecule has 0 bridgehead atoms. The van der Waals surface area contributed by atoms with Crippen LogP contribution in [0.4, 0.5) is 5.69 Å². The van der Waals surface area contributed by atoms with Gasteiger partial charge in [-0.05, 0) is 60.1 Å². The van der Waals surface area contributed by atoms with E-state index in [1.54, 1.807) is 0 Å². The van der Waals surface area contributed by atoms with Gasteiger partial charge in [-0.3, -0.25) is 4.79 Å². The van der Waals surface area contributed by atoms with Crippen LogP contribution in [0.1, 0.15) is 18.4 Å². The maximum absolute atomic E-state index is 11.9. The maximum atomic E-state index is 11.9. The van der Waals surface area contributed by atoms with Crippen molar-refractivity contribution in [2.75, 3.05) is 25.0 Å². The molecular formula is C13H17IN2O. The van der Waals surface area contributed by atoms with Gasteiger partial charge in [-0.15, -0.1) is 0 Å². The van der Waals surface area contributed by atoms with E-state index in [0.717, 1.165) is 31.6 Å². The van der Waals surface area contributed by atoms with E-state index in [4.69, 9.17) is 0 Å². The fraction of sp³-hybridized carbons (Fsp3) is 0.462. The van der Waals surface area contributed by atoms with Crippen LogP contribution in [0.5, 0.6) is 0 Å². The molecule has 4 heteroatoms. The van der Waals surface area contributed by atoms with E-state index in [1.807, 2.05) is 17.0 Å². The lowest BCUT2D eigenvalue weighted by Crippen LogP contribution is -2.33. The average molecular weight is 344 g/mol. The maximum Gasteiger partial charge on any atom is 0.241 e. The summed E-state index contributed by atoms with van der Waals surface area (Å²) in [5.74, 6) is 0.209. The predicted octanol–water partition coefficient (Wildman–Crippen LogP) is 2.63. The van der Waals surface area contributed by atoms with E-state index in [9.17, 15) is 4.79 Å². The van der Waals surface area contributed by atoms with Crippen LogP contribution in [-0.2, 0) is 4.79 Å². The third-order valence-electron chi connectivity index (χ3n) is 3.16. The zero-order valence-corrected chi connectivity index (χ0v) is 12.2. The highest BCUT2D eigenvalue weighted by atomic mass is 127. The lowest BCUT2D eigenvalue weighted by molar-refractivity contribution is -0.128. The summed E-state index contributed by atoms with van der Waals surface area (Å²) < 4.78 is 1.22. The largest absolute Gasteiger partial charge is 0.376 e. The van der Waals surface area contributed by atoms with Crippen LogP contribution in [0.25, 0.3) is 0 Å². The van der Waals surface area contributed by atoms with E-state index in [1.165, 1.54) is 9.13 Å². The fourth-order valence-corrected chi connectivity index (χ4v) is 2.55. The lowest BCUT2D eigenvalue weighted by Gasteiger charge is -2.17. The Hall–Kier alpha value is -0.780. The molecule has 1 aliphatic heterocycles. The van der Waals surface area contributed by atoms with Crippen LogP contribution in [0.3, 0.4) is 0 Å². The highest BCUT2D eigenvalue weighted by Crippen LogP contribution is 2.20. The first kappa shape index (κ1) is 12.7. The zero-order valence-electron chi connectivity index (χ0n) is 10.0. The van der Waals surface area contributed by atoms with Crippen molar-refractivity contribution in [3.05, 3.63) is 27.3 Å². The van der Waals surface area contributed by atoms with Crippen LogP contribution in [-0.4, -0.2) is 30.4 Å². The van der Waals surface area contributed by atoms with Gasteiger partial charge in [0.15, 0.2) is 0 Å². The summed E-state index contributed by atoms with van der Waals surface area (Å²) in [6.07, 6.45) is 2.29. The Kier molecular flexibility index (Phi) is 4.25. The van der Waals surface area contributed by atoms with Gasteiger partial charge in [0.2, 0.25) is 5.91 Å². The number of hydrogen-bond acceptors (Lipinski definition) is 2. The second-order valence-electron chi connectivity index (χ2n) is 4.35. The van der Waals surface area contributed by atoms with Crippen molar-refractivity contribution >= 4 is 34.2 Å². The molecule has 1 aromatic carbocycles. The molecule has 0 aromatic heterocycles. The third kappa shape index (κ3) is 3.12. The standard InChI is InChI=1S/C13H17IN2O/c1-10-11(14)5-4-6-12(10)15-9-13(17)16-7-2-3-8-16/h4-6,15H,2-3,7-9H2,1H3. The first-order valence-electron chi connectivity index (χ1n) is 5.95. The number of rotatable bonds is 3. The van der Waals surface area contributed by atoms with Gasteiger partial charge in [0.05, 0.1) is 6.54 Å². The van der Waals surface area contributed by atoms with Crippen LogP contribution in [0.15, 0.2) is 18.2 Å². The molecule has 0 radical (unpaired) electrons. The molecular weight excluding hydrogens is 327 g/mol. The fourth-order valence-electron chi connectivity index (χ4n) is 2.05. The first-order chi connectivity index (χ1) is 8.18. The molecule has 2 rings (SSSR count). The Morgan fingerprint density at radius 3 is 2.82 bits per heavy atom. The molecule has 1 fully saturated rings. The SMILES string of the molecule is Cc1c(I)cccc1NCC(=O)N1CCCC1. The monoisotopic (exact) mass is 344 g/mol. The molecule has 0 unspecified atom stereocenters. The molecule has 1 aliphatic rings. The Balaban J connectivity index is 1.93. The number of nitrogens with zero attached hydrogens (tertiary/aromatic N) is 1. The first-order valence-corrected chi connectivity index (χ1v) is 7.03. The predicted molar refractivity (Wildman–Crippen MR) is 78.2 cm³/mol. The van der Waals surface area contributed by atoms with Crippen molar-refractivity contribution < 1.29 is 4.79 Å². The second kappa shape index (κ2) is 5.71. The number of carbonyl (C=O) groups is 1. The summed E-state index contributed by atoms with van der Waals surface area (Å²) in [7, 11) is 0. The van der Waals surface area contributed by atoms with E-state index in [0.29, 0.717) is 6.54 Å². The average Bonchev–Trinajstić information content (AvgIpc) is 2.84. The van der Waals surface area contributed by atoms with Gasteiger partial charge in [0, 0.05) is 22.3 Å². The number of halogens is 1. The summed E-state index contributed by atoms with van der Waals surface area (Å²) in [5.41, 5.74) is 2.27. The van der Waals surface area contributed by atoms with Gasteiger partial charge < -0.3 is 10.2 Å². The van der Waals surface area contributed by atoms with Crippen molar-refractivity contribution in [2.45, 2.75) is 19.8 Å². The summed E-state index contributed by atoms with van der Waals surface area (Å²) in [5, 5.41) is 3.23. The smallest absolute Gasteiger partial charge is 0.241 e. The van der Waals surface area contributed by atoms with Crippen molar-refractivity contribution in [3.63, 3.8) is 0 Å². The quantitative estimate of drug-likeness (QED) is 0.855. The van der Waals surface area contributed by atoms with E-state index in [2.05, 4.69) is 40.9 Å². The molecule has 0 saturated carbocycles. The number of anilines is 1. The summed E-state index contributed by atoms with van der Waals surface area (Å²) >= 11 is 2.31. The molecule has 3 nitrogen and oxygen atoms in total. The second-order valence-corrected chi connectivity index (χ2v) is 5.52. The Morgan fingerprint density at radius 2 is 2.12 bits per heavy atom. The van der Waals surface area contributed by atoms with Gasteiger partial charge in [0.1, 0.15) is 0 Å². The van der Waals surface area contributed by atoms with Crippen molar-refractivity contribution in [1.29, 1.82) is 0 Å². The van der Waals surface area contributed by atoms with Gasteiger partial charge in [-0.25, -0.2) is 0 Å². The summed E-state index contributed by atoms with van der Waals surface area (Å²) in [6, 6.07) is 6.11. The van der Waals surface area contributed by atoms with Crippen molar-refractivity contribution in [3.8, 4) is 0 Å². The Morgan fingerprint density at radius 1 is 1.41 bits per heavy atom. The molecule has 1 aromatic rings. The van der Waals surface area contributed by atoms with Crippen LogP contribution < -0.4 is 5.32 Å². The van der Waals surface area contributed by atoms with Gasteiger partial charge in [0.25, 0.3) is 0 Å². The van der Waals surface area contributed by atoms with Crippen LogP contribution in [0, 0.1) is 10.5 Å². The minimum atomic E-state index is 0.209. The third-order valence-corrected chi connectivity index (χ3v) is 4.33. The number of benzene rings is 1. The number of likely N-dealkylation sites (tertiary alicyclic amines) is 1. The van der Waals surface area contributed by atoms with Crippen molar-refractivity contribution in [2.24, 2.45) is 0 Å². The van der Waals surface area contributed by atoms with E-state index < -0.39 is 0 Å². The van der Waals surface area contributed by atoms with Gasteiger partial charge >= 0.3 is 0 Å². The Bertz CT molecular complexity index is 414. The van der Waals surface area contributed by atoms with E-state index >= 15 is 0 Å². The lowest BCUT2D eigenvalue weighted by atomic mass is 10.2. The number of carbonyl (C=O) groups excluding carboxylic acids is 1. The molecule has 17 heavy (non-hydrogen) atoms. The van der Waals surface area contributed by atoms with Crippen LogP contribution in [0.2, 0.25) is 0 Å². The number of hydrogen-bond donors (Lipinski definition) is 1. The zero-order chi connectivity index (χ0) is 12.3. The van der Waals surface area contributed by atoms with Gasteiger partial charge in [-0.2, -0.15) is 0 Å². The molecule has 1 heterocycles. The van der Waals surface area contributed by atoms with Gasteiger partial charge in [-0.1, -0.05) is 6.07 Å². The topological polar surface area (TPSA) is 32.3 Å². The molecule has 0 aliphatic carbocycles. The molecule has 0 atom stereocenters. The minimum absolute atomic E-state index is 0.209. The number of nitrogens with one attached hydrogen (secondary N) is 1. The highest BCUT2D eigenvalue weighted by Gasteiger charge is 2.17. The molecule has 1 N–H and O–H groups in total. The Labute approximate surface area is 116 Å². The van der Waals surface area contributed by atoms with E-state index in [-0.39, 0.29) is 5.91 Å². The normalized spacial score (nSPS) is 15.1. The molecule has 0 spiro atoms. The molecule has 92 valence electrons. The minimum Gasteiger partial charge on any atom is -0.376 e. The summed E-state index contributed by atoms with van der Waals surface area (Å²) in [6.45, 7) is 4.32. The molecule has 1 saturated heterocycles.